The first-order valence-electron chi connectivity index (χ1n) is 7.82. The Morgan fingerprint density at radius 2 is 1.82 bits per heavy atom. The summed E-state index contributed by atoms with van der Waals surface area (Å²) in [7, 11) is 0. The topological polar surface area (TPSA) is 74.8 Å². The lowest BCUT2D eigenvalue weighted by atomic mass is 10.1. The van der Waals surface area contributed by atoms with Gasteiger partial charge in [-0.2, -0.15) is 13.2 Å². The first-order chi connectivity index (χ1) is 13.2. The van der Waals surface area contributed by atoms with Crippen molar-refractivity contribution in [1.29, 1.82) is 0 Å². The molecule has 1 aliphatic heterocycles. The number of imide groups is 1. The molecule has 2 amide bonds. The Balaban J connectivity index is 1.70. The van der Waals surface area contributed by atoms with Crippen molar-refractivity contribution in [2.75, 3.05) is 0 Å². The van der Waals surface area contributed by atoms with E-state index in [4.69, 9.17) is 11.6 Å². The van der Waals surface area contributed by atoms with Crippen LogP contribution in [0.15, 0.2) is 41.3 Å². The fourth-order valence-electron chi connectivity index (χ4n) is 2.74. The second kappa shape index (κ2) is 6.68. The third kappa shape index (κ3) is 3.50. The van der Waals surface area contributed by atoms with Gasteiger partial charge in [0.1, 0.15) is 11.3 Å². The summed E-state index contributed by atoms with van der Waals surface area (Å²) in [4.78, 5) is 30.0. The van der Waals surface area contributed by atoms with Gasteiger partial charge in [0.25, 0.3) is 11.1 Å². The van der Waals surface area contributed by atoms with Crippen LogP contribution in [-0.4, -0.2) is 21.1 Å². The van der Waals surface area contributed by atoms with Crippen molar-refractivity contribution in [2.24, 2.45) is 0 Å². The number of benzene rings is 2. The maximum atomic E-state index is 13.2. The van der Waals surface area contributed by atoms with Crippen LogP contribution in [0.4, 0.5) is 18.0 Å². The number of rotatable bonds is 2. The number of imidazole rings is 1. The largest absolute Gasteiger partial charge is 0.418 e. The number of nitrogens with zero attached hydrogens (tertiary/aromatic N) is 1. The van der Waals surface area contributed by atoms with Gasteiger partial charge in [0.05, 0.1) is 16.0 Å². The number of nitrogens with one attached hydrogen (secondary N) is 2. The van der Waals surface area contributed by atoms with E-state index >= 15 is 0 Å². The molecule has 0 unspecified atom stereocenters. The standard InChI is InChI=1S/C18H9ClF3N3O2S/c19-10-6-11(18(20,21)22)14-12(7-10)23-15(24-14)9-3-1-8(2-4-9)5-13-16(26)25-17(27)28-13/h1-7H,(H,23,24)(H,25,26,27). The summed E-state index contributed by atoms with van der Waals surface area (Å²) >= 11 is 6.60. The van der Waals surface area contributed by atoms with Crippen molar-refractivity contribution >= 4 is 51.6 Å². The number of fused-ring (bicyclic) bond motifs is 1. The monoisotopic (exact) mass is 423 g/mol. The molecule has 142 valence electrons. The number of alkyl halides is 3. The molecule has 1 aromatic heterocycles. The first kappa shape index (κ1) is 18.6. The molecule has 28 heavy (non-hydrogen) atoms. The first-order valence-corrected chi connectivity index (χ1v) is 9.02. The van der Waals surface area contributed by atoms with E-state index in [0.29, 0.717) is 11.1 Å². The van der Waals surface area contributed by atoms with Crippen LogP contribution >= 0.6 is 23.4 Å². The Kier molecular flexibility index (Phi) is 4.43. The lowest BCUT2D eigenvalue weighted by Crippen LogP contribution is -2.17. The number of aromatic nitrogens is 2. The number of halogens is 4. The van der Waals surface area contributed by atoms with Gasteiger partial charge in [-0.25, -0.2) is 4.98 Å². The molecule has 0 radical (unpaired) electrons. The number of hydrogen-bond acceptors (Lipinski definition) is 4. The summed E-state index contributed by atoms with van der Waals surface area (Å²) in [5, 5.41) is 1.68. The van der Waals surface area contributed by atoms with Gasteiger partial charge >= 0.3 is 6.18 Å². The minimum absolute atomic E-state index is 0.0427. The Morgan fingerprint density at radius 1 is 1.11 bits per heavy atom. The molecule has 3 aromatic rings. The summed E-state index contributed by atoms with van der Waals surface area (Å²) in [6.07, 6.45) is -3.03. The quantitative estimate of drug-likeness (QED) is 0.554. The molecule has 0 atom stereocenters. The van der Waals surface area contributed by atoms with Crippen LogP contribution in [0.3, 0.4) is 0 Å². The van der Waals surface area contributed by atoms with E-state index in [-0.39, 0.29) is 26.8 Å². The second-order valence-electron chi connectivity index (χ2n) is 5.91. The third-order valence-electron chi connectivity index (χ3n) is 3.98. The van der Waals surface area contributed by atoms with Crippen LogP contribution in [0.1, 0.15) is 11.1 Å². The predicted octanol–water partition coefficient (Wildman–Crippen LogP) is 5.23. The van der Waals surface area contributed by atoms with Gasteiger partial charge < -0.3 is 4.98 Å². The Morgan fingerprint density at radius 3 is 2.43 bits per heavy atom. The molecule has 1 fully saturated rings. The summed E-state index contributed by atoms with van der Waals surface area (Å²) in [5.74, 6) is -0.210. The molecule has 1 aliphatic rings. The zero-order valence-electron chi connectivity index (χ0n) is 13.7. The molecule has 5 nitrogen and oxygen atoms in total. The smallest absolute Gasteiger partial charge is 0.338 e. The van der Waals surface area contributed by atoms with E-state index < -0.39 is 22.9 Å². The minimum atomic E-state index is -4.58. The number of hydrogen-bond donors (Lipinski definition) is 2. The lowest BCUT2D eigenvalue weighted by molar-refractivity contribution is -0.136. The molecular formula is C18H9ClF3N3O2S. The molecular weight excluding hydrogens is 415 g/mol. The number of thioether (sulfide) groups is 1. The number of H-pyrrole nitrogens is 1. The van der Waals surface area contributed by atoms with Gasteiger partial charge in [-0.15, -0.1) is 0 Å². The summed E-state index contributed by atoms with van der Waals surface area (Å²) in [6.45, 7) is 0. The van der Waals surface area contributed by atoms with Gasteiger partial charge in [0.2, 0.25) is 0 Å². The van der Waals surface area contributed by atoms with Crippen molar-refractivity contribution in [1.82, 2.24) is 15.3 Å². The number of aromatic amines is 1. The van der Waals surface area contributed by atoms with Crippen LogP contribution in [0.2, 0.25) is 5.02 Å². The fraction of sp³-hybridized carbons (Fsp3) is 0.0556. The van der Waals surface area contributed by atoms with Crippen LogP contribution in [-0.2, 0) is 11.0 Å². The van der Waals surface area contributed by atoms with Crippen LogP contribution in [0, 0.1) is 0 Å². The zero-order chi connectivity index (χ0) is 20.1. The van der Waals surface area contributed by atoms with Crippen molar-refractivity contribution in [3.05, 3.63) is 57.5 Å². The molecule has 2 aromatic carbocycles. The average molecular weight is 424 g/mol. The van der Waals surface area contributed by atoms with Gasteiger partial charge in [0.15, 0.2) is 0 Å². The summed E-state index contributed by atoms with van der Waals surface area (Å²) < 4.78 is 39.7. The van der Waals surface area contributed by atoms with Gasteiger partial charge in [-0.1, -0.05) is 35.9 Å². The van der Waals surface area contributed by atoms with Crippen LogP contribution in [0.5, 0.6) is 0 Å². The molecule has 2 heterocycles. The highest BCUT2D eigenvalue weighted by atomic mass is 35.5. The van der Waals surface area contributed by atoms with E-state index in [2.05, 4.69) is 15.3 Å². The Hall–Kier alpha value is -2.78. The maximum absolute atomic E-state index is 13.2. The van der Waals surface area contributed by atoms with E-state index in [0.717, 1.165) is 17.8 Å². The van der Waals surface area contributed by atoms with Gasteiger partial charge in [-0.05, 0) is 35.5 Å². The number of carbonyl (C=O) groups excluding carboxylic acids is 2. The molecule has 10 heteroatoms. The molecule has 0 spiro atoms. The normalized spacial score (nSPS) is 16.2. The average Bonchev–Trinajstić information content (AvgIpc) is 3.16. The Bertz CT molecular complexity index is 1150. The highest BCUT2D eigenvalue weighted by molar-refractivity contribution is 8.18. The van der Waals surface area contributed by atoms with Crippen molar-refractivity contribution in [3.8, 4) is 11.4 Å². The zero-order valence-corrected chi connectivity index (χ0v) is 15.3. The van der Waals surface area contributed by atoms with Gasteiger partial charge in [0, 0.05) is 10.6 Å². The van der Waals surface area contributed by atoms with E-state index in [9.17, 15) is 22.8 Å². The third-order valence-corrected chi connectivity index (χ3v) is 5.01. The maximum Gasteiger partial charge on any atom is 0.418 e. The summed E-state index contributed by atoms with van der Waals surface area (Å²) in [6, 6.07) is 8.87. The number of amides is 2. The van der Waals surface area contributed by atoms with Crippen molar-refractivity contribution in [2.45, 2.75) is 6.18 Å². The number of carbonyl (C=O) groups is 2. The molecule has 0 aliphatic carbocycles. The fourth-order valence-corrected chi connectivity index (χ4v) is 3.65. The van der Waals surface area contributed by atoms with Gasteiger partial charge in [-0.3, -0.25) is 14.9 Å². The summed E-state index contributed by atoms with van der Waals surface area (Å²) in [5.41, 5.74) is 0.274. The molecule has 2 N–H and O–H groups in total. The molecule has 0 bridgehead atoms. The van der Waals surface area contributed by atoms with Crippen LogP contribution < -0.4 is 5.32 Å². The van der Waals surface area contributed by atoms with E-state index in [1.165, 1.54) is 6.07 Å². The van der Waals surface area contributed by atoms with E-state index in [1.54, 1.807) is 30.3 Å². The Labute approximate surface area is 165 Å². The predicted molar refractivity (Wildman–Crippen MR) is 101 cm³/mol. The van der Waals surface area contributed by atoms with Crippen molar-refractivity contribution < 1.29 is 22.8 Å². The SMILES string of the molecule is O=C1NC(=O)C(=Cc2ccc(-c3nc4c(C(F)(F)F)cc(Cl)cc4[nH]3)cc2)S1. The lowest BCUT2D eigenvalue weighted by Gasteiger charge is -2.07. The minimum Gasteiger partial charge on any atom is -0.338 e. The second-order valence-corrected chi connectivity index (χ2v) is 7.36. The molecule has 1 saturated heterocycles. The highest BCUT2D eigenvalue weighted by Crippen LogP contribution is 2.37. The molecule has 0 saturated carbocycles. The molecule has 4 rings (SSSR count). The highest BCUT2D eigenvalue weighted by Gasteiger charge is 2.34. The van der Waals surface area contributed by atoms with E-state index in [1.807, 2.05) is 0 Å². The van der Waals surface area contributed by atoms with Crippen LogP contribution in [0.25, 0.3) is 28.5 Å². The van der Waals surface area contributed by atoms with Crippen molar-refractivity contribution in [3.63, 3.8) is 0 Å².